The first-order valence-corrected chi connectivity index (χ1v) is 9.07. The number of aromatic nitrogens is 1. The van der Waals surface area contributed by atoms with Gasteiger partial charge in [-0.05, 0) is 47.8 Å². The summed E-state index contributed by atoms with van der Waals surface area (Å²) in [5, 5.41) is 2.62. The van der Waals surface area contributed by atoms with Crippen LogP contribution in [0, 0.1) is 0 Å². The van der Waals surface area contributed by atoms with Crippen molar-refractivity contribution in [2.75, 3.05) is 18.4 Å². The Kier molecular flexibility index (Phi) is 6.15. The van der Waals surface area contributed by atoms with E-state index in [1.807, 2.05) is 29.2 Å². The zero-order chi connectivity index (χ0) is 19.1. The van der Waals surface area contributed by atoms with Crippen LogP contribution in [-0.4, -0.2) is 34.8 Å². The molecule has 1 aliphatic rings. The van der Waals surface area contributed by atoms with Crippen LogP contribution in [-0.2, 0) is 9.59 Å². The predicted octanol–water partition coefficient (Wildman–Crippen LogP) is 3.76. The van der Waals surface area contributed by atoms with Crippen molar-refractivity contribution >= 4 is 29.3 Å². The van der Waals surface area contributed by atoms with Crippen LogP contribution in [0.4, 0.5) is 5.82 Å². The monoisotopic (exact) mass is 361 g/mol. The van der Waals surface area contributed by atoms with Gasteiger partial charge in [0.1, 0.15) is 5.82 Å². The molecule has 2 amide bonds. The van der Waals surface area contributed by atoms with Gasteiger partial charge < -0.3 is 10.2 Å². The van der Waals surface area contributed by atoms with Crippen molar-refractivity contribution in [3.05, 3.63) is 71.9 Å². The minimum atomic E-state index is -0.162. The minimum Gasteiger partial charge on any atom is -0.335 e. The fourth-order valence-electron chi connectivity index (χ4n) is 3.02. The number of benzene rings is 1. The number of nitrogens with zero attached hydrogens (tertiary/aromatic N) is 2. The Labute approximate surface area is 159 Å². The van der Waals surface area contributed by atoms with Crippen LogP contribution in [0.3, 0.4) is 0 Å². The number of allylic oxidation sites excluding steroid dienone is 1. The van der Waals surface area contributed by atoms with E-state index >= 15 is 0 Å². The molecule has 27 heavy (non-hydrogen) atoms. The molecule has 5 nitrogen and oxygen atoms in total. The topological polar surface area (TPSA) is 62.3 Å². The maximum atomic E-state index is 12.5. The summed E-state index contributed by atoms with van der Waals surface area (Å²) in [7, 11) is 0. The van der Waals surface area contributed by atoms with Crippen molar-refractivity contribution in [1.82, 2.24) is 9.88 Å². The van der Waals surface area contributed by atoms with Gasteiger partial charge in [-0.1, -0.05) is 36.4 Å². The standard InChI is InChI=1S/C22H23N3O2/c1-17(26)24-21-11-9-18(16-23-21)10-12-22(27)25-14-5-8-20(13-15-25)19-6-3-2-4-7-19/h2-4,6-7,9-13,16H,5,8,14-15H2,1H3,(H,23,24,26). The lowest BCUT2D eigenvalue weighted by molar-refractivity contribution is -0.125. The first kappa shape index (κ1) is 18.6. The third-order valence-corrected chi connectivity index (χ3v) is 4.40. The molecule has 0 radical (unpaired) electrons. The molecule has 5 heteroatoms. The van der Waals surface area contributed by atoms with Crippen molar-refractivity contribution < 1.29 is 9.59 Å². The lowest BCUT2D eigenvalue weighted by Gasteiger charge is -2.17. The van der Waals surface area contributed by atoms with E-state index in [0.717, 1.165) is 24.9 Å². The first-order valence-electron chi connectivity index (χ1n) is 9.07. The van der Waals surface area contributed by atoms with Crippen LogP contribution in [0.15, 0.2) is 60.8 Å². The van der Waals surface area contributed by atoms with E-state index in [-0.39, 0.29) is 11.8 Å². The molecular formula is C22H23N3O2. The molecule has 1 aromatic heterocycles. The van der Waals surface area contributed by atoms with Crippen LogP contribution in [0.1, 0.15) is 30.9 Å². The summed E-state index contributed by atoms with van der Waals surface area (Å²) in [5.41, 5.74) is 3.34. The van der Waals surface area contributed by atoms with Gasteiger partial charge in [-0.2, -0.15) is 0 Å². The fourth-order valence-corrected chi connectivity index (χ4v) is 3.02. The zero-order valence-corrected chi connectivity index (χ0v) is 15.4. The highest BCUT2D eigenvalue weighted by molar-refractivity contribution is 5.92. The summed E-state index contributed by atoms with van der Waals surface area (Å²) >= 11 is 0. The van der Waals surface area contributed by atoms with Crippen LogP contribution in [0.25, 0.3) is 11.6 Å². The summed E-state index contributed by atoms with van der Waals surface area (Å²) in [6.07, 6.45) is 9.04. The Hall–Kier alpha value is -3.21. The Bertz CT molecular complexity index is 855. The fraction of sp³-hybridized carbons (Fsp3) is 0.227. The van der Waals surface area contributed by atoms with Crippen LogP contribution in [0.2, 0.25) is 0 Å². The molecule has 3 rings (SSSR count). The Morgan fingerprint density at radius 1 is 1.15 bits per heavy atom. The number of nitrogens with one attached hydrogen (secondary N) is 1. The minimum absolute atomic E-state index is 0.00787. The molecule has 0 atom stereocenters. The second-order valence-electron chi connectivity index (χ2n) is 6.47. The van der Waals surface area contributed by atoms with Crippen molar-refractivity contribution in [2.45, 2.75) is 19.8 Å². The molecule has 138 valence electrons. The van der Waals surface area contributed by atoms with E-state index in [0.29, 0.717) is 12.4 Å². The summed E-state index contributed by atoms with van der Waals surface area (Å²) < 4.78 is 0. The highest BCUT2D eigenvalue weighted by Crippen LogP contribution is 2.22. The summed E-state index contributed by atoms with van der Waals surface area (Å²) in [6.45, 7) is 2.80. The van der Waals surface area contributed by atoms with Crippen LogP contribution in [0.5, 0.6) is 0 Å². The van der Waals surface area contributed by atoms with Crippen LogP contribution >= 0.6 is 0 Å². The van der Waals surface area contributed by atoms with E-state index in [9.17, 15) is 9.59 Å². The molecule has 1 aromatic carbocycles. The number of amides is 2. The number of pyridine rings is 1. The van der Waals surface area contributed by atoms with Gasteiger partial charge in [0.25, 0.3) is 0 Å². The van der Waals surface area contributed by atoms with E-state index in [2.05, 4.69) is 28.5 Å². The number of carbonyl (C=O) groups is 2. The lowest BCUT2D eigenvalue weighted by atomic mass is 10.0. The molecule has 2 heterocycles. The van der Waals surface area contributed by atoms with Gasteiger partial charge in [-0.15, -0.1) is 0 Å². The Morgan fingerprint density at radius 3 is 2.67 bits per heavy atom. The average molecular weight is 361 g/mol. The highest BCUT2D eigenvalue weighted by atomic mass is 16.2. The number of rotatable bonds is 4. The normalized spacial score (nSPS) is 14.6. The molecule has 0 unspecified atom stereocenters. The third-order valence-electron chi connectivity index (χ3n) is 4.40. The number of carbonyl (C=O) groups excluding carboxylic acids is 2. The van der Waals surface area contributed by atoms with Gasteiger partial charge in [0, 0.05) is 32.3 Å². The Balaban J connectivity index is 1.61. The predicted molar refractivity (Wildman–Crippen MR) is 108 cm³/mol. The smallest absolute Gasteiger partial charge is 0.246 e. The van der Waals surface area contributed by atoms with Crippen molar-refractivity contribution in [1.29, 1.82) is 0 Å². The molecule has 0 fully saturated rings. The highest BCUT2D eigenvalue weighted by Gasteiger charge is 2.14. The number of hydrogen-bond donors (Lipinski definition) is 1. The zero-order valence-electron chi connectivity index (χ0n) is 15.4. The van der Waals surface area contributed by atoms with Gasteiger partial charge >= 0.3 is 0 Å². The molecule has 0 aliphatic carbocycles. The molecule has 1 aliphatic heterocycles. The van der Waals surface area contributed by atoms with E-state index in [4.69, 9.17) is 0 Å². The maximum absolute atomic E-state index is 12.5. The summed E-state index contributed by atoms with van der Waals surface area (Å²) in [4.78, 5) is 29.5. The summed E-state index contributed by atoms with van der Waals surface area (Å²) in [6, 6.07) is 13.8. The van der Waals surface area contributed by atoms with Crippen molar-refractivity contribution in [3.8, 4) is 0 Å². The SMILES string of the molecule is CC(=O)Nc1ccc(C=CC(=O)N2CC=C(c3ccccc3)CCC2)cn1. The first-order chi connectivity index (χ1) is 13.1. The molecule has 0 saturated heterocycles. The van der Waals surface area contributed by atoms with Gasteiger partial charge in [0.2, 0.25) is 11.8 Å². The molecule has 2 aromatic rings. The third kappa shape index (κ3) is 5.38. The van der Waals surface area contributed by atoms with Crippen LogP contribution < -0.4 is 5.32 Å². The largest absolute Gasteiger partial charge is 0.335 e. The van der Waals surface area contributed by atoms with E-state index in [1.54, 1.807) is 24.4 Å². The Morgan fingerprint density at radius 2 is 1.96 bits per heavy atom. The number of anilines is 1. The quantitative estimate of drug-likeness (QED) is 0.844. The molecule has 0 bridgehead atoms. The summed E-state index contributed by atoms with van der Waals surface area (Å²) in [5.74, 6) is 0.327. The van der Waals surface area contributed by atoms with E-state index < -0.39 is 0 Å². The molecule has 1 N–H and O–H groups in total. The van der Waals surface area contributed by atoms with Gasteiger partial charge in [0.15, 0.2) is 0 Å². The molecule has 0 spiro atoms. The lowest BCUT2D eigenvalue weighted by Crippen LogP contribution is -2.29. The number of hydrogen-bond acceptors (Lipinski definition) is 3. The van der Waals surface area contributed by atoms with Gasteiger partial charge in [-0.25, -0.2) is 4.98 Å². The maximum Gasteiger partial charge on any atom is 0.246 e. The van der Waals surface area contributed by atoms with Crippen molar-refractivity contribution in [3.63, 3.8) is 0 Å². The second-order valence-corrected chi connectivity index (χ2v) is 6.47. The average Bonchev–Trinajstić information content (AvgIpc) is 2.94. The van der Waals surface area contributed by atoms with E-state index in [1.165, 1.54) is 18.1 Å². The van der Waals surface area contributed by atoms with Crippen molar-refractivity contribution in [2.24, 2.45) is 0 Å². The molecular weight excluding hydrogens is 338 g/mol. The van der Waals surface area contributed by atoms with Gasteiger partial charge in [-0.3, -0.25) is 9.59 Å². The van der Waals surface area contributed by atoms with Gasteiger partial charge in [0.05, 0.1) is 0 Å². The second kappa shape index (κ2) is 8.94. The molecule has 0 saturated carbocycles.